The minimum absolute atomic E-state index is 0.0324. The van der Waals surface area contributed by atoms with Gasteiger partial charge in [0.2, 0.25) is 11.8 Å². The summed E-state index contributed by atoms with van der Waals surface area (Å²) in [5.74, 6) is -2.47. The van der Waals surface area contributed by atoms with Crippen LogP contribution < -0.4 is 14.5 Å². The third kappa shape index (κ3) is 5.06. The number of aromatic carboxylic acids is 1. The summed E-state index contributed by atoms with van der Waals surface area (Å²) in [6.07, 6.45) is -0.0648. The molecule has 1 aliphatic rings. The number of carboxylic acid groups (broad SMARTS) is 1. The van der Waals surface area contributed by atoms with Crippen molar-refractivity contribution >= 4 is 51.8 Å². The molecular weight excluding hydrogens is 442 g/mol. The van der Waals surface area contributed by atoms with Gasteiger partial charge in [-0.1, -0.05) is 18.2 Å². The van der Waals surface area contributed by atoms with Gasteiger partial charge in [0.1, 0.15) is 4.90 Å². The Morgan fingerprint density at radius 3 is 2.10 bits per heavy atom. The Bertz CT molecular complexity index is 1090. The quantitative estimate of drug-likeness (QED) is 0.456. The summed E-state index contributed by atoms with van der Waals surface area (Å²) in [4.78, 5) is 35.9. The molecule has 1 fully saturated rings. The summed E-state index contributed by atoms with van der Waals surface area (Å²) in [5, 5.41) is 12.1. The van der Waals surface area contributed by atoms with Crippen molar-refractivity contribution in [2.75, 3.05) is 30.3 Å². The van der Waals surface area contributed by atoms with Gasteiger partial charge in [0, 0.05) is 24.8 Å². The molecule has 0 unspecified atom stereocenters. The predicted molar refractivity (Wildman–Crippen MR) is 119 cm³/mol. The van der Waals surface area contributed by atoms with Crippen molar-refractivity contribution in [3.05, 3.63) is 48.0 Å². The largest absolute Gasteiger partial charge is 0.478 e. The van der Waals surface area contributed by atoms with E-state index in [0.717, 1.165) is 21.3 Å². The van der Waals surface area contributed by atoms with Crippen molar-refractivity contribution in [1.82, 2.24) is 5.32 Å². The van der Waals surface area contributed by atoms with Gasteiger partial charge in [-0.2, -0.15) is 0 Å². The summed E-state index contributed by atoms with van der Waals surface area (Å²) in [6.45, 7) is 0. The molecule has 0 spiro atoms. The molecule has 0 aliphatic carbocycles. The van der Waals surface area contributed by atoms with E-state index < -0.39 is 32.7 Å². The van der Waals surface area contributed by atoms with Crippen LogP contribution in [0.5, 0.6) is 0 Å². The van der Waals surface area contributed by atoms with E-state index in [-0.39, 0.29) is 29.0 Å². The molecule has 0 radical (unpaired) electrons. The van der Waals surface area contributed by atoms with Crippen molar-refractivity contribution in [3.63, 3.8) is 0 Å². The molecule has 1 aliphatic heterocycles. The second-order valence-electron chi connectivity index (χ2n) is 6.58. The van der Waals surface area contributed by atoms with Gasteiger partial charge in [0.15, 0.2) is 0 Å². The first-order valence-corrected chi connectivity index (χ1v) is 11.0. The summed E-state index contributed by atoms with van der Waals surface area (Å²) in [7, 11) is 0.845. The number of hydrogen-bond donors (Lipinski definition) is 3. The van der Waals surface area contributed by atoms with Crippen LogP contribution in [0.3, 0.4) is 0 Å². The highest BCUT2D eigenvalue weighted by molar-refractivity contribution is 7.93. The number of carbonyl (C=O) groups is 3. The lowest BCUT2D eigenvalue weighted by Gasteiger charge is -2.23. The first-order valence-electron chi connectivity index (χ1n) is 9.14. The predicted octanol–water partition coefficient (Wildman–Crippen LogP) is 1.99. The molecule has 1 heterocycles. The van der Waals surface area contributed by atoms with Crippen LogP contribution in [-0.2, 0) is 19.6 Å². The van der Waals surface area contributed by atoms with Gasteiger partial charge in [-0.15, -0.1) is 12.6 Å². The molecule has 31 heavy (non-hydrogen) atoms. The number of thiol groups is 1. The van der Waals surface area contributed by atoms with Gasteiger partial charge in [-0.05, 0) is 38.4 Å². The number of para-hydroxylation sites is 1. The van der Waals surface area contributed by atoms with Gasteiger partial charge in [0.25, 0.3) is 10.0 Å². The van der Waals surface area contributed by atoms with Crippen LogP contribution in [-0.4, -0.2) is 52.5 Å². The monoisotopic (exact) mass is 465 g/mol. The standard InChI is InChI=1S/C18H16N2O6S2.C2H7N/c1-19(12-5-3-2-4-6-12)28(25,26)14-10-11(18(23)24)9-13(17(14)27)20-15(21)7-8-16(20)22;1-3-2/h2-6,9-10,27H,7-8H2,1H3,(H,23,24);3H,1-2H3. The first-order chi connectivity index (χ1) is 14.6. The smallest absolute Gasteiger partial charge is 0.335 e. The molecule has 2 aromatic rings. The number of sulfonamides is 1. The zero-order chi connectivity index (χ0) is 23.3. The van der Waals surface area contributed by atoms with Crippen LogP contribution in [0.4, 0.5) is 11.4 Å². The Hall–Kier alpha value is -2.89. The van der Waals surface area contributed by atoms with Crippen LogP contribution in [0.2, 0.25) is 0 Å². The second kappa shape index (κ2) is 9.94. The average Bonchev–Trinajstić information content (AvgIpc) is 3.06. The average molecular weight is 466 g/mol. The van der Waals surface area contributed by atoms with E-state index in [1.54, 1.807) is 30.3 Å². The van der Waals surface area contributed by atoms with Gasteiger partial charge in [-0.25, -0.2) is 18.1 Å². The maximum Gasteiger partial charge on any atom is 0.335 e. The molecule has 0 atom stereocenters. The molecule has 2 N–H and O–H groups in total. The summed E-state index contributed by atoms with van der Waals surface area (Å²) in [5.41, 5.74) is -0.179. The van der Waals surface area contributed by atoms with Crippen LogP contribution >= 0.6 is 12.6 Å². The molecule has 2 aromatic carbocycles. The molecule has 3 rings (SSSR count). The van der Waals surface area contributed by atoms with Gasteiger partial charge in [0.05, 0.1) is 16.9 Å². The lowest BCUT2D eigenvalue weighted by atomic mass is 10.2. The number of amides is 2. The van der Waals surface area contributed by atoms with Crippen LogP contribution in [0, 0.1) is 0 Å². The van der Waals surface area contributed by atoms with Crippen molar-refractivity contribution in [2.24, 2.45) is 0 Å². The number of carbonyl (C=O) groups excluding carboxylic acids is 2. The lowest BCUT2D eigenvalue weighted by Crippen LogP contribution is -2.31. The van der Waals surface area contributed by atoms with Crippen molar-refractivity contribution in [1.29, 1.82) is 0 Å². The van der Waals surface area contributed by atoms with E-state index >= 15 is 0 Å². The van der Waals surface area contributed by atoms with E-state index in [4.69, 9.17) is 0 Å². The number of hydrogen-bond acceptors (Lipinski definition) is 7. The lowest BCUT2D eigenvalue weighted by molar-refractivity contribution is -0.121. The molecular formula is C20H23N3O6S2. The molecule has 0 bridgehead atoms. The Morgan fingerprint density at radius 1 is 1.10 bits per heavy atom. The number of rotatable bonds is 5. The fourth-order valence-corrected chi connectivity index (χ4v) is 4.75. The highest BCUT2D eigenvalue weighted by Gasteiger charge is 2.35. The minimum Gasteiger partial charge on any atom is -0.478 e. The van der Waals surface area contributed by atoms with E-state index in [1.807, 2.05) is 14.1 Å². The number of carboxylic acids is 1. The Kier molecular flexibility index (Phi) is 7.82. The van der Waals surface area contributed by atoms with Gasteiger partial charge in [-0.3, -0.25) is 13.9 Å². The SMILES string of the molecule is CN(c1ccccc1)S(=O)(=O)c1cc(C(=O)O)cc(N2C(=O)CCC2=O)c1S.CNC. The van der Waals surface area contributed by atoms with E-state index in [1.165, 1.54) is 7.05 Å². The second-order valence-corrected chi connectivity index (χ2v) is 8.96. The molecule has 0 aromatic heterocycles. The van der Waals surface area contributed by atoms with Crippen molar-refractivity contribution in [2.45, 2.75) is 22.6 Å². The van der Waals surface area contributed by atoms with E-state index in [2.05, 4.69) is 17.9 Å². The fourth-order valence-electron chi connectivity index (χ4n) is 2.85. The summed E-state index contributed by atoms with van der Waals surface area (Å²) >= 11 is 4.24. The van der Waals surface area contributed by atoms with Crippen molar-refractivity contribution in [3.8, 4) is 0 Å². The number of benzene rings is 2. The van der Waals surface area contributed by atoms with Gasteiger partial charge >= 0.3 is 5.97 Å². The zero-order valence-corrected chi connectivity index (χ0v) is 18.9. The molecule has 2 amide bonds. The highest BCUT2D eigenvalue weighted by Crippen LogP contribution is 2.37. The molecule has 0 saturated carbocycles. The third-order valence-corrected chi connectivity index (χ3v) is 6.78. The number of nitrogens with one attached hydrogen (secondary N) is 1. The third-order valence-electron chi connectivity index (χ3n) is 4.35. The normalized spacial score (nSPS) is 13.6. The Labute approximate surface area is 186 Å². The fraction of sp³-hybridized carbons (Fsp3) is 0.250. The molecule has 1 saturated heterocycles. The Balaban J connectivity index is 0.00000107. The first kappa shape index (κ1) is 24.4. The number of anilines is 2. The minimum atomic E-state index is -4.22. The summed E-state index contributed by atoms with van der Waals surface area (Å²) < 4.78 is 27.3. The maximum atomic E-state index is 13.2. The molecule has 166 valence electrons. The zero-order valence-electron chi connectivity index (χ0n) is 17.2. The number of imide groups is 1. The molecule has 9 nitrogen and oxygen atoms in total. The highest BCUT2D eigenvalue weighted by atomic mass is 32.2. The van der Waals surface area contributed by atoms with Gasteiger partial charge < -0.3 is 10.4 Å². The Morgan fingerprint density at radius 2 is 1.61 bits per heavy atom. The topological polar surface area (TPSA) is 124 Å². The summed E-state index contributed by atoms with van der Waals surface area (Å²) in [6, 6.07) is 10.2. The van der Waals surface area contributed by atoms with Crippen molar-refractivity contribution < 1.29 is 27.9 Å². The van der Waals surface area contributed by atoms with Crippen LogP contribution in [0.25, 0.3) is 0 Å². The van der Waals surface area contributed by atoms with Crippen LogP contribution in [0.15, 0.2) is 52.3 Å². The molecule has 11 heteroatoms. The van der Waals surface area contributed by atoms with Crippen LogP contribution in [0.1, 0.15) is 23.2 Å². The maximum absolute atomic E-state index is 13.2. The van der Waals surface area contributed by atoms with E-state index in [0.29, 0.717) is 5.69 Å². The van der Waals surface area contributed by atoms with E-state index in [9.17, 15) is 27.9 Å². The number of nitrogens with zero attached hydrogens (tertiary/aromatic N) is 2.